The summed E-state index contributed by atoms with van der Waals surface area (Å²) in [7, 11) is 0. The van der Waals surface area contributed by atoms with Gasteiger partial charge < -0.3 is 15.0 Å². The first-order valence-electron chi connectivity index (χ1n) is 7.33. The Balaban J connectivity index is 1.91. The minimum absolute atomic E-state index is 0.0276. The van der Waals surface area contributed by atoms with Crippen LogP contribution in [0.15, 0.2) is 47.4 Å². The van der Waals surface area contributed by atoms with Gasteiger partial charge in [0.25, 0.3) is 5.56 Å². The van der Waals surface area contributed by atoms with Crippen LogP contribution in [0.2, 0.25) is 0 Å². The summed E-state index contributed by atoms with van der Waals surface area (Å²) in [5, 5.41) is 12.7. The van der Waals surface area contributed by atoms with Crippen molar-refractivity contribution in [3.8, 4) is 5.75 Å². The summed E-state index contributed by atoms with van der Waals surface area (Å²) in [5.41, 5.74) is 2.20. The second-order valence-electron chi connectivity index (χ2n) is 5.29. The van der Waals surface area contributed by atoms with E-state index in [4.69, 9.17) is 0 Å². The number of benzene rings is 1. The van der Waals surface area contributed by atoms with Crippen LogP contribution >= 0.6 is 0 Å². The molecule has 1 atom stereocenters. The second-order valence-corrected chi connectivity index (χ2v) is 5.29. The fourth-order valence-electron chi connectivity index (χ4n) is 2.27. The molecule has 0 saturated heterocycles. The highest BCUT2D eigenvalue weighted by molar-refractivity contribution is 5.41. The van der Waals surface area contributed by atoms with E-state index in [1.54, 1.807) is 22.8 Å². The van der Waals surface area contributed by atoms with Gasteiger partial charge in [-0.25, -0.2) is 0 Å². The number of hydrogen-bond donors (Lipinski definition) is 2. The quantitative estimate of drug-likeness (QED) is 0.858. The predicted octanol–water partition coefficient (Wildman–Crippen LogP) is 3.01. The van der Waals surface area contributed by atoms with Crippen LogP contribution in [0.25, 0.3) is 0 Å². The van der Waals surface area contributed by atoms with Gasteiger partial charge in [-0.2, -0.15) is 0 Å². The lowest BCUT2D eigenvalue weighted by Crippen LogP contribution is -2.21. The Labute approximate surface area is 125 Å². The zero-order valence-electron chi connectivity index (χ0n) is 12.5. The molecule has 2 rings (SSSR count). The molecule has 0 radical (unpaired) electrons. The number of phenols is 1. The van der Waals surface area contributed by atoms with Crippen LogP contribution in [0.3, 0.4) is 0 Å². The zero-order chi connectivity index (χ0) is 15.2. The fraction of sp³-hybridized carbons (Fsp3) is 0.353. The molecule has 0 aliphatic heterocycles. The molecule has 4 nitrogen and oxygen atoms in total. The van der Waals surface area contributed by atoms with Crippen LogP contribution in [0.5, 0.6) is 5.75 Å². The minimum atomic E-state index is 0.0276. The van der Waals surface area contributed by atoms with Gasteiger partial charge in [-0.3, -0.25) is 4.79 Å². The second kappa shape index (κ2) is 6.97. The smallest absolute Gasteiger partial charge is 0.250 e. The summed E-state index contributed by atoms with van der Waals surface area (Å²) in [5.74, 6) is 0.298. The highest BCUT2D eigenvalue weighted by atomic mass is 16.3. The Bertz CT molecular complexity index is 632. The van der Waals surface area contributed by atoms with Gasteiger partial charge in [0.1, 0.15) is 5.75 Å². The SMILES string of the molecule is CCn1cc(NC(C)CCc2ccc(O)cc2)ccc1=O. The van der Waals surface area contributed by atoms with E-state index >= 15 is 0 Å². The van der Waals surface area contributed by atoms with E-state index in [-0.39, 0.29) is 5.56 Å². The maximum Gasteiger partial charge on any atom is 0.250 e. The van der Waals surface area contributed by atoms with E-state index in [0.717, 1.165) is 18.5 Å². The third kappa shape index (κ3) is 4.38. The van der Waals surface area contributed by atoms with E-state index in [0.29, 0.717) is 18.3 Å². The van der Waals surface area contributed by atoms with Crippen molar-refractivity contribution < 1.29 is 5.11 Å². The third-order valence-electron chi connectivity index (χ3n) is 3.54. The van der Waals surface area contributed by atoms with Crippen LogP contribution < -0.4 is 10.9 Å². The van der Waals surface area contributed by atoms with Gasteiger partial charge in [-0.1, -0.05) is 12.1 Å². The number of hydrogen-bond acceptors (Lipinski definition) is 3. The number of anilines is 1. The number of nitrogens with one attached hydrogen (secondary N) is 1. The number of rotatable bonds is 6. The van der Waals surface area contributed by atoms with Crippen LogP contribution in [-0.2, 0) is 13.0 Å². The molecular formula is C17H22N2O2. The van der Waals surface area contributed by atoms with E-state index in [2.05, 4.69) is 12.2 Å². The van der Waals surface area contributed by atoms with E-state index in [1.807, 2.05) is 31.3 Å². The van der Waals surface area contributed by atoms with E-state index in [9.17, 15) is 9.90 Å². The van der Waals surface area contributed by atoms with Crippen molar-refractivity contribution in [1.82, 2.24) is 4.57 Å². The van der Waals surface area contributed by atoms with Crippen molar-refractivity contribution in [2.75, 3.05) is 5.32 Å². The Morgan fingerprint density at radius 3 is 2.57 bits per heavy atom. The van der Waals surface area contributed by atoms with Gasteiger partial charge in [0.2, 0.25) is 0 Å². The largest absolute Gasteiger partial charge is 0.508 e. The minimum Gasteiger partial charge on any atom is -0.508 e. The summed E-state index contributed by atoms with van der Waals surface area (Å²) in [6, 6.07) is 11.0. The number of aromatic hydroxyl groups is 1. The molecule has 0 aliphatic carbocycles. The Morgan fingerprint density at radius 1 is 1.19 bits per heavy atom. The molecule has 0 spiro atoms. The lowest BCUT2D eigenvalue weighted by atomic mass is 10.1. The number of aromatic nitrogens is 1. The number of phenolic OH excluding ortho intramolecular Hbond substituents is 1. The maximum absolute atomic E-state index is 11.5. The molecular weight excluding hydrogens is 264 g/mol. The maximum atomic E-state index is 11.5. The average Bonchev–Trinajstić information content (AvgIpc) is 2.48. The highest BCUT2D eigenvalue weighted by Crippen LogP contribution is 2.13. The molecule has 2 aromatic rings. The average molecular weight is 286 g/mol. The molecule has 1 aromatic heterocycles. The molecule has 0 amide bonds. The van der Waals surface area contributed by atoms with Crippen molar-refractivity contribution >= 4 is 5.69 Å². The molecule has 2 N–H and O–H groups in total. The van der Waals surface area contributed by atoms with Crippen molar-refractivity contribution in [2.45, 2.75) is 39.3 Å². The number of pyridine rings is 1. The summed E-state index contributed by atoms with van der Waals surface area (Å²) < 4.78 is 1.69. The normalized spacial score (nSPS) is 12.1. The third-order valence-corrected chi connectivity index (χ3v) is 3.54. The first-order chi connectivity index (χ1) is 10.1. The van der Waals surface area contributed by atoms with Gasteiger partial charge in [0.05, 0.1) is 5.69 Å². The van der Waals surface area contributed by atoms with Gasteiger partial charge in [0.15, 0.2) is 0 Å². The van der Waals surface area contributed by atoms with Gasteiger partial charge >= 0.3 is 0 Å². The molecule has 0 saturated carbocycles. The predicted molar refractivity (Wildman–Crippen MR) is 85.9 cm³/mol. The Morgan fingerprint density at radius 2 is 1.90 bits per heavy atom. The van der Waals surface area contributed by atoms with E-state index < -0.39 is 0 Å². The Hall–Kier alpha value is -2.23. The molecule has 1 aromatic carbocycles. The van der Waals surface area contributed by atoms with Crippen LogP contribution in [0.4, 0.5) is 5.69 Å². The molecule has 0 fully saturated rings. The fourth-order valence-corrected chi connectivity index (χ4v) is 2.27. The molecule has 1 unspecified atom stereocenters. The number of nitrogens with zero attached hydrogens (tertiary/aromatic N) is 1. The zero-order valence-corrected chi connectivity index (χ0v) is 12.5. The van der Waals surface area contributed by atoms with Gasteiger partial charge in [0, 0.05) is 24.8 Å². The molecule has 0 aliphatic rings. The van der Waals surface area contributed by atoms with Crippen molar-refractivity contribution in [3.63, 3.8) is 0 Å². The standard InChI is InChI=1S/C17H22N2O2/c1-3-19-12-15(8-11-17(19)21)18-13(2)4-5-14-6-9-16(20)10-7-14/h6-13,18,20H,3-5H2,1-2H3. The van der Waals surface area contributed by atoms with Crippen LogP contribution in [0.1, 0.15) is 25.8 Å². The number of aryl methyl sites for hydroxylation is 2. The molecule has 4 heteroatoms. The van der Waals surface area contributed by atoms with Crippen LogP contribution in [0, 0.1) is 0 Å². The molecule has 1 heterocycles. The topological polar surface area (TPSA) is 54.3 Å². The van der Waals surface area contributed by atoms with Crippen LogP contribution in [-0.4, -0.2) is 15.7 Å². The van der Waals surface area contributed by atoms with Gasteiger partial charge in [-0.05, 0) is 50.5 Å². The summed E-state index contributed by atoms with van der Waals surface area (Å²) in [4.78, 5) is 11.5. The van der Waals surface area contributed by atoms with Crippen molar-refractivity contribution in [2.24, 2.45) is 0 Å². The molecule has 21 heavy (non-hydrogen) atoms. The van der Waals surface area contributed by atoms with Crippen molar-refractivity contribution in [1.29, 1.82) is 0 Å². The first kappa shape index (κ1) is 15.2. The lowest BCUT2D eigenvalue weighted by Gasteiger charge is -2.16. The van der Waals surface area contributed by atoms with Crippen molar-refractivity contribution in [3.05, 3.63) is 58.5 Å². The summed E-state index contributed by atoms with van der Waals surface area (Å²) >= 11 is 0. The molecule has 0 bridgehead atoms. The van der Waals surface area contributed by atoms with E-state index in [1.165, 1.54) is 5.56 Å². The Kier molecular flexibility index (Phi) is 5.04. The molecule has 112 valence electrons. The highest BCUT2D eigenvalue weighted by Gasteiger charge is 2.04. The summed E-state index contributed by atoms with van der Waals surface area (Å²) in [6.45, 7) is 4.76. The van der Waals surface area contributed by atoms with Gasteiger partial charge in [-0.15, -0.1) is 0 Å². The first-order valence-corrected chi connectivity index (χ1v) is 7.33. The summed E-state index contributed by atoms with van der Waals surface area (Å²) in [6.07, 6.45) is 3.79. The lowest BCUT2D eigenvalue weighted by molar-refractivity contribution is 0.475. The monoisotopic (exact) mass is 286 g/mol.